The van der Waals surface area contributed by atoms with Gasteiger partial charge in [0.05, 0.1) is 0 Å². The number of hydrogen-bond acceptors (Lipinski definition) is 2. The van der Waals surface area contributed by atoms with Gasteiger partial charge in [-0.2, -0.15) is 0 Å². The van der Waals surface area contributed by atoms with Crippen LogP contribution in [0.1, 0.15) is 38.2 Å². The van der Waals surface area contributed by atoms with E-state index in [2.05, 4.69) is 45.7 Å². The molecule has 1 fully saturated rings. The van der Waals surface area contributed by atoms with E-state index in [9.17, 15) is 0 Å². The molecule has 16 heavy (non-hydrogen) atoms. The van der Waals surface area contributed by atoms with Crippen molar-refractivity contribution in [3.8, 4) is 0 Å². The van der Waals surface area contributed by atoms with Crippen LogP contribution in [-0.4, -0.2) is 17.6 Å². The Bertz CT molecular complexity index is 365. The normalized spacial score (nSPS) is 21.2. The average Bonchev–Trinajstić information content (AvgIpc) is 2.29. The van der Waals surface area contributed by atoms with E-state index in [1.54, 1.807) is 0 Å². The fraction of sp³-hybridized carbons (Fsp3) is 0.615. The lowest BCUT2D eigenvalue weighted by Gasteiger charge is -2.37. The van der Waals surface area contributed by atoms with Crippen LogP contribution in [0.2, 0.25) is 0 Å². The molecule has 88 valence electrons. The molecular formula is C13H19BrN2. The van der Waals surface area contributed by atoms with Gasteiger partial charge < -0.3 is 4.90 Å². The summed E-state index contributed by atoms with van der Waals surface area (Å²) in [7, 11) is 0. The number of nitrogens with zero attached hydrogens (tertiary/aromatic N) is 2. The van der Waals surface area contributed by atoms with Gasteiger partial charge in [-0.25, -0.2) is 4.98 Å². The molecule has 0 unspecified atom stereocenters. The molecule has 3 heteroatoms. The molecule has 2 rings (SSSR count). The SMILES string of the molecule is CC[C@@H]1CCCCN1c1ncc(Br)cc1C. The van der Waals surface area contributed by atoms with E-state index in [4.69, 9.17) is 0 Å². The van der Waals surface area contributed by atoms with Crippen LogP contribution in [0.15, 0.2) is 16.7 Å². The smallest absolute Gasteiger partial charge is 0.131 e. The van der Waals surface area contributed by atoms with Crippen molar-refractivity contribution >= 4 is 21.7 Å². The maximum atomic E-state index is 4.58. The molecule has 0 N–H and O–H groups in total. The molecule has 1 aliphatic rings. The Balaban J connectivity index is 2.27. The topological polar surface area (TPSA) is 16.1 Å². The fourth-order valence-electron chi connectivity index (χ4n) is 2.54. The summed E-state index contributed by atoms with van der Waals surface area (Å²) in [5, 5.41) is 0. The van der Waals surface area contributed by atoms with Gasteiger partial charge in [-0.3, -0.25) is 0 Å². The van der Waals surface area contributed by atoms with Crippen molar-refractivity contribution in [2.24, 2.45) is 0 Å². The van der Waals surface area contributed by atoms with Gasteiger partial charge in [-0.1, -0.05) is 6.92 Å². The number of aromatic nitrogens is 1. The Labute approximate surface area is 106 Å². The van der Waals surface area contributed by atoms with Crippen LogP contribution in [-0.2, 0) is 0 Å². The number of piperidine rings is 1. The fourth-order valence-corrected chi connectivity index (χ4v) is 2.98. The standard InChI is InChI=1S/C13H19BrN2/c1-3-12-6-4-5-7-16(12)13-10(2)8-11(14)9-15-13/h8-9,12H,3-7H2,1-2H3/t12-/m1/s1. The third-order valence-electron chi connectivity index (χ3n) is 3.39. The minimum Gasteiger partial charge on any atom is -0.353 e. The average molecular weight is 283 g/mol. The van der Waals surface area contributed by atoms with Gasteiger partial charge in [0, 0.05) is 23.3 Å². The van der Waals surface area contributed by atoms with Crippen LogP contribution in [0.4, 0.5) is 5.82 Å². The number of rotatable bonds is 2. The van der Waals surface area contributed by atoms with Crippen molar-refractivity contribution < 1.29 is 0 Å². The molecule has 0 aromatic carbocycles. The highest BCUT2D eigenvalue weighted by Crippen LogP contribution is 2.28. The highest BCUT2D eigenvalue weighted by molar-refractivity contribution is 9.10. The van der Waals surface area contributed by atoms with E-state index < -0.39 is 0 Å². The Morgan fingerprint density at radius 3 is 3.00 bits per heavy atom. The highest BCUT2D eigenvalue weighted by atomic mass is 79.9. The molecule has 0 spiro atoms. The zero-order chi connectivity index (χ0) is 11.5. The predicted octanol–water partition coefficient (Wildman–Crippen LogP) is 3.92. The monoisotopic (exact) mass is 282 g/mol. The van der Waals surface area contributed by atoms with E-state index in [1.165, 1.54) is 37.1 Å². The van der Waals surface area contributed by atoms with Gasteiger partial charge in [0.25, 0.3) is 0 Å². The molecule has 1 aliphatic heterocycles. The van der Waals surface area contributed by atoms with Gasteiger partial charge in [-0.15, -0.1) is 0 Å². The number of halogens is 1. The molecule has 2 nitrogen and oxygen atoms in total. The molecule has 1 saturated heterocycles. The number of hydrogen-bond donors (Lipinski definition) is 0. The zero-order valence-electron chi connectivity index (χ0n) is 10.0. The molecule has 1 atom stereocenters. The summed E-state index contributed by atoms with van der Waals surface area (Å²) < 4.78 is 1.07. The summed E-state index contributed by atoms with van der Waals surface area (Å²) in [5.74, 6) is 1.18. The first-order chi connectivity index (χ1) is 7.72. The molecule has 0 amide bonds. The summed E-state index contributed by atoms with van der Waals surface area (Å²) >= 11 is 3.47. The second-order valence-corrected chi connectivity index (χ2v) is 5.46. The molecule has 0 radical (unpaired) electrons. The maximum Gasteiger partial charge on any atom is 0.131 e. The van der Waals surface area contributed by atoms with Crippen molar-refractivity contribution in [1.82, 2.24) is 4.98 Å². The lowest BCUT2D eigenvalue weighted by molar-refractivity contribution is 0.446. The van der Waals surface area contributed by atoms with Gasteiger partial charge in [-0.05, 0) is 60.2 Å². The van der Waals surface area contributed by atoms with Crippen molar-refractivity contribution in [3.05, 3.63) is 22.3 Å². The molecule has 1 aromatic heterocycles. The van der Waals surface area contributed by atoms with Crippen LogP contribution in [0, 0.1) is 6.92 Å². The first-order valence-electron chi connectivity index (χ1n) is 6.11. The Morgan fingerprint density at radius 1 is 1.50 bits per heavy atom. The van der Waals surface area contributed by atoms with Gasteiger partial charge in [0.15, 0.2) is 0 Å². The van der Waals surface area contributed by atoms with Crippen LogP contribution in [0.3, 0.4) is 0 Å². The van der Waals surface area contributed by atoms with E-state index in [1.807, 2.05) is 6.20 Å². The van der Waals surface area contributed by atoms with Gasteiger partial charge in [0.1, 0.15) is 5.82 Å². The Morgan fingerprint density at radius 2 is 2.31 bits per heavy atom. The second-order valence-electron chi connectivity index (χ2n) is 4.55. The van der Waals surface area contributed by atoms with Gasteiger partial charge in [0.2, 0.25) is 0 Å². The van der Waals surface area contributed by atoms with E-state index in [0.29, 0.717) is 6.04 Å². The minimum atomic E-state index is 0.682. The first-order valence-corrected chi connectivity index (χ1v) is 6.90. The maximum absolute atomic E-state index is 4.58. The number of aryl methyl sites for hydroxylation is 1. The van der Waals surface area contributed by atoms with Crippen LogP contribution in [0.25, 0.3) is 0 Å². The van der Waals surface area contributed by atoms with Crippen molar-refractivity contribution in [1.29, 1.82) is 0 Å². The molecule has 0 saturated carbocycles. The Hall–Kier alpha value is -0.570. The highest BCUT2D eigenvalue weighted by Gasteiger charge is 2.22. The predicted molar refractivity (Wildman–Crippen MR) is 72.0 cm³/mol. The van der Waals surface area contributed by atoms with Gasteiger partial charge >= 0.3 is 0 Å². The first kappa shape index (κ1) is 11.9. The molecule has 2 heterocycles. The summed E-state index contributed by atoms with van der Waals surface area (Å²) in [4.78, 5) is 7.07. The molecule has 0 bridgehead atoms. The van der Waals surface area contributed by atoms with Crippen LogP contribution >= 0.6 is 15.9 Å². The summed E-state index contributed by atoms with van der Waals surface area (Å²) in [6.45, 7) is 5.58. The second kappa shape index (κ2) is 5.17. The lowest BCUT2D eigenvalue weighted by Crippen LogP contribution is -2.40. The van der Waals surface area contributed by atoms with Crippen molar-refractivity contribution in [3.63, 3.8) is 0 Å². The summed E-state index contributed by atoms with van der Waals surface area (Å²) in [6.07, 6.45) is 7.10. The number of pyridine rings is 1. The van der Waals surface area contributed by atoms with E-state index >= 15 is 0 Å². The van der Waals surface area contributed by atoms with E-state index in [0.717, 1.165) is 11.0 Å². The Kier molecular flexibility index (Phi) is 3.85. The zero-order valence-corrected chi connectivity index (χ0v) is 11.6. The summed E-state index contributed by atoms with van der Waals surface area (Å²) in [5.41, 5.74) is 1.27. The van der Waals surface area contributed by atoms with Crippen LogP contribution in [0.5, 0.6) is 0 Å². The molecule has 0 aliphatic carbocycles. The van der Waals surface area contributed by atoms with Crippen molar-refractivity contribution in [2.45, 2.75) is 45.6 Å². The van der Waals surface area contributed by atoms with Crippen molar-refractivity contribution in [2.75, 3.05) is 11.4 Å². The quantitative estimate of drug-likeness (QED) is 0.817. The molecule has 1 aromatic rings. The van der Waals surface area contributed by atoms with E-state index in [-0.39, 0.29) is 0 Å². The summed E-state index contributed by atoms with van der Waals surface area (Å²) in [6, 6.07) is 2.84. The lowest BCUT2D eigenvalue weighted by atomic mass is 9.99. The third kappa shape index (κ3) is 2.40. The largest absolute Gasteiger partial charge is 0.353 e. The minimum absolute atomic E-state index is 0.682. The third-order valence-corrected chi connectivity index (χ3v) is 3.82. The number of anilines is 1. The molecular weight excluding hydrogens is 264 g/mol. The van der Waals surface area contributed by atoms with Crippen LogP contribution < -0.4 is 4.90 Å².